The van der Waals surface area contributed by atoms with Gasteiger partial charge in [-0.05, 0) is 49.4 Å². The van der Waals surface area contributed by atoms with Gasteiger partial charge in [0.05, 0.1) is 17.7 Å². The topological polar surface area (TPSA) is 82.0 Å². The van der Waals surface area contributed by atoms with Gasteiger partial charge >= 0.3 is 0 Å². The molecule has 2 aromatic rings. The van der Waals surface area contributed by atoms with E-state index in [0.29, 0.717) is 50.2 Å². The minimum Gasteiger partial charge on any atom is -0.387 e. The second-order valence-corrected chi connectivity index (χ2v) is 10.9. The van der Waals surface area contributed by atoms with Crippen LogP contribution in [-0.2, 0) is 9.53 Å². The number of benzene rings is 1. The third-order valence-electron chi connectivity index (χ3n) is 8.27. The number of piperazine rings is 1. The van der Waals surface area contributed by atoms with Gasteiger partial charge in [0.2, 0.25) is 5.91 Å². The Morgan fingerprint density at radius 1 is 1.16 bits per heavy atom. The molecule has 3 heterocycles. The zero-order chi connectivity index (χ0) is 25.9. The Labute approximate surface area is 224 Å². The minimum absolute atomic E-state index is 0.171. The van der Waals surface area contributed by atoms with E-state index in [9.17, 15) is 9.90 Å². The number of anilines is 1. The van der Waals surface area contributed by atoms with Crippen LogP contribution in [0, 0.1) is 0 Å². The van der Waals surface area contributed by atoms with Crippen LogP contribution in [0.1, 0.15) is 67.9 Å². The van der Waals surface area contributed by atoms with Crippen LogP contribution in [0.3, 0.4) is 0 Å². The normalized spacial score (nSPS) is 23.4. The van der Waals surface area contributed by atoms with E-state index in [1.54, 1.807) is 6.33 Å². The Kier molecular flexibility index (Phi) is 8.29. The monoisotopic (exact) mass is 527 g/mol. The second kappa shape index (κ2) is 11.6. The molecule has 8 nitrogen and oxygen atoms in total. The van der Waals surface area contributed by atoms with Crippen molar-refractivity contribution >= 4 is 23.3 Å². The highest BCUT2D eigenvalue weighted by Gasteiger charge is 2.36. The van der Waals surface area contributed by atoms with E-state index in [-0.39, 0.29) is 17.7 Å². The number of nitrogens with zero attached hydrogens (tertiary/aromatic N) is 5. The van der Waals surface area contributed by atoms with Crippen LogP contribution < -0.4 is 4.90 Å². The summed E-state index contributed by atoms with van der Waals surface area (Å²) in [6.45, 7) is 10.2. The number of aliphatic hydroxyl groups excluding tert-OH is 1. The summed E-state index contributed by atoms with van der Waals surface area (Å²) in [4.78, 5) is 29.7. The summed E-state index contributed by atoms with van der Waals surface area (Å²) in [5.41, 5.74) is 2.83. The summed E-state index contributed by atoms with van der Waals surface area (Å²) in [5, 5.41) is 11.1. The molecule has 0 radical (unpaired) electrons. The number of halogens is 1. The first-order valence-electron chi connectivity index (χ1n) is 13.6. The standard InChI is InChI=1S/C28H38ClN5O3/c1-3-32(22-8-14-37-15-9-22)17-23(20-4-6-21(29)7-5-20)28(36)34-12-10-33(11-13-34)27-25-19(2)16-24(35)26(25)30-18-31-27/h4-7,18-19,22-24,35H,3,8-17H2,1-2H3/t19-,23-,24-/m1/s1. The number of likely N-dealkylation sites (N-methyl/N-ethyl adjacent to an activating group) is 1. The van der Waals surface area contributed by atoms with Crippen molar-refractivity contribution in [3.8, 4) is 0 Å². The van der Waals surface area contributed by atoms with Gasteiger partial charge in [0.1, 0.15) is 12.1 Å². The van der Waals surface area contributed by atoms with E-state index < -0.39 is 6.10 Å². The maximum atomic E-state index is 14.0. The highest BCUT2D eigenvalue weighted by atomic mass is 35.5. The van der Waals surface area contributed by atoms with Crippen LogP contribution >= 0.6 is 11.6 Å². The molecule has 0 saturated carbocycles. The van der Waals surface area contributed by atoms with E-state index >= 15 is 0 Å². The second-order valence-electron chi connectivity index (χ2n) is 10.5. The van der Waals surface area contributed by atoms with Gasteiger partial charge in [0.15, 0.2) is 0 Å². The average molecular weight is 528 g/mol. The third kappa shape index (κ3) is 5.62. The van der Waals surface area contributed by atoms with Gasteiger partial charge in [0.25, 0.3) is 0 Å². The lowest BCUT2D eigenvalue weighted by molar-refractivity contribution is -0.133. The smallest absolute Gasteiger partial charge is 0.231 e. The number of carbonyl (C=O) groups is 1. The summed E-state index contributed by atoms with van der Waals surface area (Å²) in [5.74, 6) is 1.06. The highest BCUT2D eigenvalue weighted by molar-refractivity contribution is 6.30. The van der Waals surface area contributed by atoms with Crippen LogP contribution in [0.15, 0.2) is 30.6 Å². The number of amides is 1. The molecule has 0 unspecified atom stereocenters. The molecule has 1 amide bonds. The van der Waals surface area contributed by atoms with E-state index in [0.717, 1.165) is 55.2 Å². The number of ether oxygens (including phenoxy) is 1. The Morgan fingerprint density at radius 2 is 1.86 bits per heavy atom. The minimum atomic E-state index is -0.521. The fourth-order valence-corrected chi connectivity index (χ4v) is 6.28. The zero-order valence-electron chi connectivity index (χ0n) is 21.9. The van der Waals surface area contributed by atoms with Crippen LogP contribution in [0.5, 0.6) is 0 Å². The van der Waals surface area contributed by atoms with Crippen LogP contribution in [0.4, 0.5) is 5.82 Å². The van der Waals surface area contributed by atoms with Crippen molar-refractivity contribution in [2.24, 2.45) is 0 Å². The van der Waals surface area contributed by atoms with Gasteiger partial charge in [-0.1, -0.05) is 37.6 Å². The number of hydrogen-bond acceptors (Lipinski definition) is 7. The molecule has 5 rings (SSSR count). The van der Waals surface area contributed by atoms with Gasteiger partial charge in [-0.2, -0.15) is 0 Å². The highest BCUT2D eigenvalue weighted by Crippen LogP contribution is 2.42. The summed E-state index contributed by atoms with van der Waals surface area (Å²) in [7, 11) is 0. The fourth-order valence-electron chi connectivity index (χ4n) is 6.16. The summed E-state index contributed by atoms with van der Waals surface area (Å²) in [6, 6.07) is 8.19. The molecule has 9 heteroatoms. The van der Waals surface area contributed by atoms with Crippen LogP contribution in [-0.4, -0.2) is 89.3 Å². The van der Waals surface area contributed by atoms with Gasteiger partial charge in [0, 0.05) is 62.6 Å². The molecule has 37 heavy (non-hydrogen) atoms. The Morgan fingerprint density at radius 3 is 2.54 bits per heavy atom. The Balaban J connectivity index is 1.31. The van der Waals surface area contributed by atoms with Crippen molar-refractivity contribution in [2.75, 3.05) is 57.4 Å². The van der Waals surface area contributed by atoms with Crippen molar-refractivity contribution < 1.29 is 14.6 Å². The van der Waals surface area contributed by atoms with Crippen molar-refractivity contribution in [3.63, 3.8) is 0 Å². The number of carbonyl (C=O) groups excluding carboxylic acids is 1. The van der Waals surface area contributed by atoms with Gasteiger partial charge in [-0.3, -0.25) is 9.69 Å². The summed E-state index contributed by atoms with van der Waals surface area (Å²) in [6.07, 6.45) is 3.73. The Hall–Kier alpha value is -2.26. The fraction of sp³-hybridized carbons (Fsp3) is 0.607. The molecular formula is C28H38ClN5O3. The van der Waals surface area contributed by atoms with Crippen LogP contribution in [0.2, 0.25) is 5.02 Å². The predicted molar refractivity (Wildman–Crippen MR) is 144 cm³/mol. The molecule has 2 fully saturated rings. The molecule has 1 aromatic carbocycles. The maximum absolute atomic E-state index is 14.0. The molecular weight excluding hydrogens is 490 g/mol. The van der Waals surface area contributed by atoms with Crippen molar-refractivity contribution in [1.82, 2.24) is 19.8 Å². The van der Waals surface area contributed by atoms with Gasteiger partial charge in [-0.15, -0.1) is 0 Å². The Bertz CT molecular complexity index is 1070. The summed E-state index contributed by atoms with van der Waals surface area (Å²) >= 11 is 6.18. The number of rotatable bonds is 7. The SMILES string of the molecule is CCN(C[C@@H](C(=O)N1CCN(c2ncnc3c2[C@H](C)C[C@H]3O)CC1)c1ccc(Cl)cc1)C1CCOCC1. The maximum Gasteiger partial charge on any atom is 0.231 e. The molecule has 2 saturated heterocycles. The van der Waals surface area contributed by atoms with E-state index in [4.69, 9.17) is 16.3 Å². The molecule has 0 bridgehead atoms. The number of aliphatic hydroxyl groups is 1. The molecule has 3 atom stereocenters. The van der Waals surface area contributed by atoms with Crippen molar-refractivity contribution in [3.05, 3.63) is 52.4 Å². The van der Waals surface area contributed by atoms with E-state index in [2.05, 4.69) is 33.6 Å². The number of aromatic nitrogens is 2. The molecule has 2 aliphatic heterocycles. The van der Waals surface area contributed by atoms with E-state index in [1.165, 1.54) is 0 Å². The molecule has 1 N–H and O–H groups in total. The van der Waals surface area contributed by atoms with Crippen molar-refractivity contribution in [2.45, 2.75) is 57.1 Å². The lowest BCUT2D eigenvalue weighted by Gasteiger charge is -2.40. The van der Waals surface area contributed by atoms with E-state index in [1.807, 2.05) is 29.2 Å². The molecule has 200 valence electrons. The quantitative estimate of drug-likeness (QED) is 0.589. The van der Waals surface area contributed by atoms with Gasteiger partial charge in [-0.25, -0.2) is 9.97 Å². The number of hydrogen-bond donors (Lipinski definition) is 1. The average Bonchev–Trinajstić information content (AvgIpc) is 3.23. The van der Waals surface area contributed by atoms with Crippen LogP contribution in [0.25, 0.3) is 0 Å². The first-order valence-corrected chi connectivity index (χ1v) is 14.0. The molecule has 0 spiro atoms. The largest absolute Gasteiger partial charge is 0.387 e. The van der Waals surface area contributed by atoms with Gasteiger partial charge < -0.3 is 19.6 Å². The lowest BCUT2D eigenvalue weighted by Crippen LogP contribution is -2.52. The molecule has 3 aliphatic rings. The summed E-state index contributed by atoms with van der Waals surface area (Å²) < 4.78 is 5.58. The number of fused-ring (bicyclic) bond motifs is 1. The zero-order valence-corrected chi connectivity index (χ0v) is 22.6. The molecule has 1 aliphatic carbocycles. The third-order valence-corrected chi connectivity index (χ3v) is 8.52. The first-order chi connectivity index (χ1) is 18.0. The van der Waals surface area contributed by atoms with Crippen molar-refractivity contribution in [1.29, 1.82) is 0 Å². The predicted octanol–water partition coefficient (Wildman–Crippen LogP) is 3.60. The molecule has 1 aromatic heterocycles. The lowest BCUT2D eigenvalue weighted by atomic mass is 9.94. The first kappa shape index (κ1) is 26.4.